The zero-order valence-electron chi connectivity index (χ0n) is 11.9. The molecular formula is C16H24N2O2. The Bertz CT molecular complexity index is 432. The molecule has 4 nitrogen and oxygen atoms in total. The maximum Gasteiger partial charge on any atom is 0.122 e. The number of rotatable bonds is 4. The SMILES string of the molecule is NNC(CC1CCOCC1)C1CCOc2ccccc21. The number of nitrogens with two attached hydrogens (primary N) is 1. The van der Waals surface area contributed by atoms with Gasteiger partial charge in [0.05, 0.1) is 6.61 Å². The van der Waals surface area contributed by atoms with Gasteiger partial charge in [-0.05, 0) is 43.2 Å². The maximum atomic E-state index is 5.86. The Morgan fingerprint density at radius 2 is 1.95 bits per heavy atom. The van der Waals surface area contributed by atoms with Crippen molar-refractivity contribution in [3.05, 3.63) is 29.8 Å². The average Bonchev–Trinajstić information content (AvgIpc) is 2.53. The van der Waals surface area contributed by atoms with Crippen molar-refractivity contribution in [2.75, 3.05) is 19.8 Å². The van der Waals surface area contributed by atoms with Crippen molar-refractivity contribution in [1.29, 1.82) is 0 Å². The van der Waals surface area contributed by atoms with E-state index in [0.717, 1.165) is 57.2 Å². The fourth-order valence-electron chi connectivity index (χ4n) is 3.48. The van der Waals surface area contributed by atoms with E-state index in [4.69, 9.17) is 15.3 Å². The first-order chi connectivity index (χ1) is 9.88. The van der Waals surface area contributed by atoms with E-state index in [0.29, 0.717) is 12.0 Å². The number of hydrazine groups is 1. The molecule has 1 saturated heterocycles. The van der Waals surface area contributed by atoms with E-state index in [2.05, 4.69) is 23.6 Å². The number of benzene rings is 1. The van der Waals surface area contributed by atoms with Crippen molar-refractivity contribution in [2.24, 2.45) is 11.8 Å². The molecule has 2 unspecified atom stereocenters. The molecule has 110 valence electrons. The highest BCUT2D eigenvalue weighted by molar-refractivity contribution is 5.38. The van der Waals surface area contributed by atoms with Gasteiger partial charge in [-0.3, -0.25) is 11.3 Å². The molecule has 2 aliphatic heterocycles. The molecule has 1 fully saturated rings. The van der Waals surface area contributed by atoms with Crippen molar-refractivity contribution in [3.63, 3.8) is 0 Å². The fourth-order valence-corrected chi connectivity index (χ4v) is 3.48. The molecule has 0 radical (unpaired) electrons. The predicted molar refractivity (Wildman–Crippen MR) is 78.6 cm³/mol. The Balaban J connectivity index is 1.72. The molecule has 0 bridgehead atoms. The molecule has 0 aromatic heterocycles. The third-order valence-corrected chi connectivity index (χ3v) is 4.63. The van der Waals surface area contributed by atoms with Crippen LogP contribution in [0.2, 0.25) is 0 Å². The van der Waals surface area contributed by atoms with Crippen LogP contribution in [0.15, 0.2) is 24.3 Å². The van der Waals surface area contributed by atoms with E-state index in [1.54, 1.807) is 0 Å². The Kier molecular flexibility index (Phi) is 4.55. The summed E-state index contributed by atoms with van der Waals surface area (Å²) in [7, 11) is 0. The van der Waals surface area contributed by atoms with Crippen molar-refractivity contribution in [1.82, 2.24) is 5.43 Å². The molecule has 0 saturated carbocycles. The molecule has 1 aromatic carbocycles. The van der Waals surface area contributed by atoms with Gasteiger partial charge in [-0.1, -0.05) is 18.2 Å². The monoisotopic (exact) mass is 276 g/mol. The molecule has 0 spiro atoms. The Morgan fingerprint density at radius 1 is 1.15 bits per heavy atom. The first kappa shape index (κ1) is 13.9. The van der Waals surface area contributed by atoms with Crippen molar-refractivity contribution in [3.8, 4) is 5.75 Å². The number of ether oxygens (including phenoxy) is 2. The predicted octanol–water partition coefficient (Wildman–Crippen LogP) is 2.20. The zero-order chi connectivity index (χ0) is 13.8. The summed E-state index contributed by atoms with van der Waals surface area (Å²) in [6, 6.07) is 8.67. The Morgan fingerprint density at radius 3 is 2.75 bits per heavy atom. The summed E-state index contributed by atoms with van der Waals surface area (Å²) in [6.07, 6.45) is 4.47. The lowest BCUT2D eigenvalue weighted by Gasteiger charge is -2.34. The van der Waals surface area contributed by atoms with Gasteiger partial charge < -0.3 is 9.47 Å². The number of nitrogens with one attached hydrogen (secondary N) is 1. The van der Waals surface area contributed by atoms with Gasteiger partial charge in [0.25, 0.3) is 0 Å². The van der Waals surface area contributed by atoms with Crippen LogP contribution >= 0.6 is 0 Å². The Labute approximate surface area is 120 Å². The second-order valence-corrected chi connectivity index (χ2v) is 5.85. The second kappa shape index (κ2) is 6.57. The van der Waals surface area contributed by atoms with Crippen LogP contribution in [0.5, 0.6) is 5.75 Å². The lowest BCUT2D eigenvalue weighted by Crippen LogP contribution is -2.43. The largest absolute Gasteiger partial charge is 0.493 e. The summed E-state index contributed by atoms with van der Waals surface area (Å²) in [4.78, 5) is 0. The molecule has 3 N–H and O–H groups in total. The number of hydrogen-bond donors (Lipinski definition) is 2. The van der Waals surface area contributed by atoms with Gasteiger partial charge in [-0.25, -0.2) is 0 Å². The maximum absolute atomic E-state index is 5.86. The van der Waals surface area contributed by atoms with E-state index >= 15 is 0 Å². The minimum atomic E-state index is 0.322. The lowest BCUT2D eigenvalue weighted by atomic mass is 9.81. The molecular weight excluding hydrogens is 252 g/mol. The molecule has 1 aromatic rings. The molecule has 4 heteroatoms. The van der Waals surface area contributed by atoms with E-state index in [-0.39, 0.29) is 0 Å². The smallest absolute Gasteiger partial charge is 0.122 e. The minimum Gasteiger partial charge on any atom is -0.493 e. The van der Waals surface area contributed by atoms with Gasteiger partial charge in [0.2, 0.25) is 0 Å². The molecule has 3 rings (SSSR count). The van der Waals surface area contributed by atoms with Crippen LogP contribution in [-0.4, -0.2) is 25.9 Å². The van der Waals surface area contributed by atoms with Crippen LogP contribution in [0, 0.1) is 5.92 Å². The van der Waals surface area contributed by atoms with Crippen LogP contribution in [0.25, 0.3) is 0 Å². The number of fused-ring (bicyclic) bond motifs is 1. The molecule has 2 heterocycles. The van der Waals surface area contributed by atoms with Crippen molar-refractivity contribution >= 4 is 0 Å². The first-order valence-corrected chi connectivity index (χ1v) is 7.64. The third kappa shape index (κ3) is 2.97. The highest BCUT2D eigenvalue weighted by Gasteiger charge is 2.30. The summed E-state index contributed by atoms with van der Waals surface area (Å²) in [5, 5.41) is 0. The highest BCUT2D eigenvalue weighted by Crippen LogP contribution is 2.37. The van der Waals surface area contributed by atoms with E-state index in [1.807, 2.05) is 6.07 Å². The quantitative estimate of drug-likeness (QED) is 0.654. The third-order valence-electron chi connectivity index (χ3n) is 4.63. The molecule has 2 atom stereocenters. The van der Waals surface area contributed by atoms with E-state index in [9.17, 15) is 0 Å². The summed E-state index contributed by atoms with van der Waals surface area (Å²) in [5.74, 6) is 8.05. The summed E-state index contributed by atoms with van der Waals surface area (Å²) in [5.41, 5.74) is 4.36. The second-order valence-electron chi connectivity index (χ2n) is 5.85. The molecule has 2 aliphatic rings. The first-order valence-electron chi connectivity index (χ1n) is 7.64. The van der Waals surface area contributed by atoms with Gasteiger partial charge in [0.15, 0.2) is 0 Å². The standard InChI is InChI=1S/C16H24N2O2/c17-18-15(11-12-5-8-19-9-6-12)13-7-10-20-16-4-2-1-3-14(13)16/h1-4,12-13,15,18H,5-11,17H2. The molecule has 0 aliphatic carbocycles. The fraction of sp³-hybridized carbons (Fsp3) is 0.625. The summed E-state index contributed by atoms with van der Waals surface area (Å²) >= 11 is 0. The Hall–Kier alpha value is -1.10. The lowest BCUT2D eigenvalue weighted by molar-refractivity contribution is 0.0585. The van der Waals surface area contributed by atoms with Gasteiger partial charge >= 0.3 is 0 Å². The van der Waals surface area contributed by atoms with Crippen LogP contribution < -0.4 is 16.0 Å². The van der Waals surface area contributed by atoms with Crippen LogP contribution in [0.1, 0.15) is 37.2 Å². The van der Waals surface area contributed by atoms with Crippen molar-refractivity contribution < 1.29 is 9.47 Å². The van der Waals surface area contributed by atoms with Crippen LogP contribution in [-0.2, 0) is 4.74 Å². The molecule has 20 heavy (non-hydrogen) atoms. The minimum absolute atomic E-state index is 0.322. The number of para-hydroxylation sites is 1. The average molecular weight is 276 g/mol. The topological polar surface area (TPSA) is 56.5 Å². The van der Waals surface area contributed by atoms with E-state index < -0.39 is 0 Å². The van der Waals surface area contributed by atoms with Gasteiger partial charge in [-0.15, -0.1) is 0 Å². The van der Waals surface area contributed by atoms with Gasteiger partial charge in [-0.2, -0.15) is 0 Å². The van der Waals surface area contributed by atoms with Gasteiger partial charge in [0, 0.05) is 25.2 Å². The van der Waals surface area contributed by atoms with Crippen LogP contribution in [0.4, 0.5) is 0 Å². The highest BCUT2D eigenvalue weighted by atomic mass is 16.5. The normalized spacial score (nSPS) is 24.8. The zero-order valence-corrected chi connectivity index (χ0v) is 11.9. The number of hydrogen-bond acceptors (Lipinski definition) is 4. The van der Waals surface area contributed by atoms with Gasteiger partial charge in [0.1, 0.15) is 5.75 Å². The summed E-state index contributed by atoms with van der Waals surface area (Å²) < 4.78 is 11.2. The summed E-state index contributed by atoms with van der Waals surface area (Å²) in [6.45, 7) is 2.58. The van der Waals surface area contributed by atoms with E-state index in [1.165, 1.54) is 5.56 Å². The van der Waals surface area contributed by atoms with Crippen molar-refractivity contribution in [2.45, 2.75) is 37.6 Å². The molecule has 0 amide bonds. The van der Waals surface area contributed by atoms with Crippen LogP contribution in [0.3, 0.4) is 0 Å².